The van der Waals surface area contributed by atoms with Crippen LogP contribution in [0.2, 0.25) is 0 Å². The minimum Gasteiger partial charge on any atom is -0.268 e. The Morgan fingerprint density at radius 1 is 1.25 bits per heavy atom. The number of hydrogen-bond donors (Lipinski definition) is 0. The van der Waals surface area contributed by atoms with Gasteiger partial charge in [0.1, 0.15) is 5.03 Å². The molecule has 3 heteroatoms. The Morgan fingerprint density at radius 3 is 2.81 bits per heavy atom. The van der Waals surface area contributed by atoms with Crippen molar-refractivity contribution in [3.63, 3.8) is 0 Å². The van der Waals surface area contributed by atoms with E-state index in [9.17, 15) is 0 Å². The van der Waals surface area contributed by atoms with Gasteiger partial charge in [0.15, 0.2) is 0 Å². The van der Waals surface area contributed by atoms with Crippen LogP contribution in [0.25, 0.3) is 11.1 Å². The molecule has 3 rings (SSSR count). The van der Waals surface area contributed by atoms with Gasteiger partial charge in [0.25, 0.3) is 0 Å². The van der Waals surface area contributed by atoms with Crippen LogP contribution in [0.3, 0.4) is 0 Å². The zero-order valence-electron chi connectivity index (χ0n) is 9.31. The third-order valence-corrected chi connectivity index (χ3v) is 3.74. The van der Waals surface area contributed by atoms with Crippen molar-refractivity contribution in [2.24, 2.45) is 0 Å². The number of aryl methyl sites for hydroxylation is 1. The SMILES string of the molecule is CSc1nn2c(c1-c1ccccc1)CCC2. The fraction of sp³-hybridized carbons (Fsp3) is 0.308. The lowest BCUT2D eigenvalue weighted by Crippen LogP contribution is -1.93. The van der Waals surface area contributed by atoms with Gasteiger partial charge >= 0.3 is 0 Å². The summed E-state index contributed by atoms with van der Waals surface area (Å²) in [7, 11) is 0. The molecule has 0 amide bonds. The minimum absolute atomic E-state index is 1.08. The van der Waals surface area contributed by atoms with Crippen LogP contribution in [0.4, 0.5) is 0 Å². The number of fused-ring (bicyclic) bond motifs is 1. The summed E-state index contributed by atoms with van der Waals surface area (Å²) in [6, 6.07) is 10.6. The van der Waals surface area contributed by atoms with Crippen molar-refractivity contribution < 1.29 is 0 Å². The summed E-state index contributed by atoms with van der Waals surface area (Å²) in [5.74, 6) is 0. The van der Waals surface area contributed by atoms with Gasteiger partial charge in [-0.15, -0.1) is 11.8 Å². The minimum atomic E-state index is 1.08. The van der Waals surface area contributed by atoms with Gasteiger partial charge in [-0.05, 0) is 24.7 Å². The molecule has 0 N–H and O–H groups in total. The quantitative estimate of drug-likeness (QED) is 0.737. The van der Waals surface area contributed by atoms with Crippen molar-refractivity contribution in [1.82, 2.24) is 9.78 Å². The van der Waals surface area contributed by atoms with Crippen LogP contribution >= 0.6 is 11.8 Å². The molecule has 1 aromatic carbocycles. The van der Waals surface area contributed by atoms with Gasteiger partial charge in [0.05, 0.1) is 0 Å². The van der Waals surface area contributed by atoms with E-state index in [4.69, 9.17) is 0 Å². The topological polar surface area (TPSA) is 17.8 Å². The molecular weight excluding hydrogens is 216 g/mol. The average Bonchev–Trinajstić information content (AvgIpc) is 2.89. The molecule has 0 saturated heterocycles. The predicted octanol–water partition coefficient (Wildman–Crippen LogP) is 3.22. The Labute approximate surface area is 99.7 Å². The van der Waals surface area contributed by atoms with Crippen molar-refractivity contribution in [3.8, 4) is 11.1 Å². The van der Waals surface area contributed by atoms with Gasteiger partial charge in [0.2, 0.25) is 0 Å². The highest BCUT2D eigenvalue weighted by Crippen LogP contribution is 2.35. The van der Waals surface area contributed by atoms with Crippen LogP contribution in [-0.4, -0.2) is 16.0 Å². The molecule has 16 heavy (non-hydrogen) atoms. The van der Waals surface area contributed by atoms with E-state index in [1.807, 2.05) is 0 Å². The Kier molecular flexibility index (Phi) is 2.48. The smallest absolute Gasteiger partial charge is 0.126 e. The fourth-order valence-electron chi connectivity index (χ4n) is 2.35. The maximum atomic E-state index is 4.67. The molecular formula is C13H14N2S. The van der Waals surface area contributed by atoms with Crippen LogP contribution in [0.5, 0.6) is 0 Å². The highest BCUT2D eigenvalue weighted by Gasteiger charge is 2.21. The summed E-state index contributed by atoms with van der Waals surface area (Å²) in [5.41, 5.74) is 4.07. The summed E-state index contributed by atoms with van der Waals surface area (Å²) in [4.78, 5) is 0. The zero-order valence-corrected chi connectivity index (χ0v) is 10.1. The number of thioether (sulfide) groups is 1. The van der Waals surface area contributed by atoms with E-state index >= 15 is 0 Å². The van der Waals surface area contributed by atoms with Crippen molar-refractivity contribution in [3.05, 3.63) is 36.0 Å². The monoisotopic (exact) mass is 230 g/mol. The van der Waals surface area contributed by atoms with Gasteiger partial charge in [0, 0.05) is 17.8 Å². The molecule has 1 aliphatic rings. The van der Waals surface area contributed by atoms with E-state index in [1.54, 1.807) is 11.8 Å². The lowest BCUT2D eigenvalue weighted by atomic mass is 10.1. The molecule has 0 unspecified atom stereocenters. The van der Waals surface area contributed by atoms with Crippen LogP contribution in [-0.2, 0) is 13.0 Å². The first kappa shape index (κ1) is 9.97. The number of aromatic nitrogens is 2. The number of rotatable bonds is 2. The lowest BCUT2D eigenvalue weighted by Gasteiger charge is -2.02. The van der Waals surface area contributed by atoms with E-state index in [-0.39, 0.29) is 0 Å². The Balaban J connectivity index is 2.19. The predicted molar refractivity (Wildman–Crippen MR) is 67.8 cm³/mol. The largest absolute Gasteiger partial charge is 0.268 e. The van der Waals surface area contributed by atoms with Crippen LogP contribution in [0.1, 0.15) is 12.1 Å². The number of hydrogen-bond acceptors (Lipinski definition) is 2. The maximum absolute atomic E-state index is 4.67. The first-order chi connectivity index (χ1) is 7.90. The molecule has 2 heterocycles. The summed E-state index contributed by atoms with van der Waals surface area (Å²) >= 11 is 1.74. The van der Waals surface area contributed by atoms with Crippen LogP contribution in [0, 0.1) is 0 Å². The third-order valence-electron chi connectivity index (χ3n) is 3.06. The number of benzene rings is 1. The first-order valence-electron chi connectivity index (χ1n) is 5.59. The van der Waals surface area contributed by atoms with Crippen LogP contribution < -0.4 is 0 Å². The molecule has 1 aliphatic heterocycles. The van der Waals surface area contributed by atoms with Gasteiger partial charge in [-0.25, -0.2) is 0 Å². The highest BCUT2D eigenvalue weighted by molar-refractivity contribution is 7.98. The van der Waals surface area contributed by atoms with E-state index in [1.165, 1.54) is 28.3 Å². The lowest BCUT2D eigenvalue weighted by molar-refractivity contribution is 0.638. The molecule has 2 nitrogen and oxygen atoms in total. The molecule has 0 radical (unpaired) electrons. The average molecular weight is 230 g/mol. The fourth-order valence-corrected chi connectivity index (χ4v) is 2.97. The second kappa shape index (κ2) is 3.98. The Bertz CT molecular complexity index is 502. The van der Waals surface area contributed by atoms with Gasteiger partial charge in [-0.2, -0.15) is 5.10 Å². The molecule has 0 aliphatic carbocycles. The Hall–Kier alpha value is -1.22. The van der Waals surface area contributed by atoms with Crippen molar-refractivity contribution in [2.45, 2.75) is 24.4 Å². The van der Waals surface area contributed by atoms with Crippen LogP contribution in [0.15, 0.2) is 35.4 Å². The molecule has 0 spiro atoms. The Morgan fingerprint density at radius 2 is 2.06 bits per heavy atom. The molecule has 0 atom stereocenters. The summed E-state index contributed by atoms with van der Waals surface area (Å²) in [6.45, 7) is 1.08. The summed E-state index contributed by atoms with van der Waals surface area (Å²) < 4.78 is 2.17. The second-order valence-corrected chi connectivity index (χ2v) is 4.82. The molecule has 82 valence electrons. The van der Waals surface area contributed by atoms with Crippen molar-refractivity contribution in [1.29, 1.82) is 0 Å². The van der Waals surface area contributed by atoms with E-state index in [0.717, 1.165) is 13.0 Å². The summed E-state index contributed by atoms with van der Waals surface area (Å²) in [5, 5.41) is 5.83. The zero-order chi connectivity index (χ0) is 11.0. The van der Waals surface area contributed by atoms with E-state index in [0.29, 0.717) is 0 Å². The molecule has 0 bridgehead atoms. The highest BCUT2D eigenvalue weighted by atomic mass is 32.2. The van der Waals surface area contributed by atoms with Gasteiger partial charge in [-0.1, -0.05) is 30.3 Å². The summed E-state index contributed by atoms with van der Waals surface area (Å²) in [6.07, 6.45) is 4.50. The van der Waals surface area contributed by atoms with Crippen molar-refractivity contribution >= 4 is 11.8 Å². The van der Waals surface area contributed by atoms with E-state index < -0.39 is 0 Å². The normalized spacial score (nSPS) is 14.1. The maximum Gasteiger partial charge on any atom is 0.126 e. The van der Waals surface area contributed by atoms with Gasteiger partial charge in [-0.3, -0.25) is 4.68 Å². The third kappa shape index (κ3) is 1.47. The first-order valence-corrected chi connectivity index (χ1v) is 6.81. The van der Waals surface area contributed by atoms with Gasteiger partial charge < -0.3 is 0 Å². The molecule has 0 fully saturated rings. The van der Waals surface area contributed by atoms with Crippen molar-refractivity contribution in [2.75, 3.05) is 6.26 Å². The standard InChI is InChI=1S/C13H14N2S/c1-16-13-12(10-6-3-2-4-7-10)11-8-5-9-15(11)14-13/h2-4,6-7H,5,8-9H2,1H3. The second-order valence-electron chi connectivity index (χ2n) is 4.02. The molecule has 1 aromatic heterocycles. The number of nitrogens with zero attached hydrogens (tertiary/aromatic N) is 2. The molecule has 0 saturated carbocycles. The van der Waals surface area contributed by atoms with E-state index in [2.05, 4.69) is 46.4 Å². The molecule has 2 aromatic rings.